The van der Waals surface area contributed by atoms with Gasteiger partial charge in [0.2, 0.25) is 5.78 Å². The first-order valence-corrected chi connectivity index (χ1v) is 8.64. The molecule has 8 heteroatoms. The molecule has 0 unspecified atom stereocenters. The molecule has 3 aromatic rings. The van der Waals surface area contributed by atoms with Gasteiger partial charge in [0.05, 0.1) is 16.6 Å². The van der Waals surface area contributed by atoms with Gasteiger partial charge in [-0.3, -0.25) is 4.79 Å². The number of aromatic nitrogens is 1. The van der Waals surface area contributed by atoms with Crippen molar-refractivity contribution >= 4 is 43.9 Å². The third kappa shape index (κ3) is 4.26. The van der Waals surface area contributed by atoms with Crippen LogP contribution in [0.4, 0.5) is 24.0 Å². The molecular formula is C17H10BrF3N2OS. The van der Waals surface area contributed by atoms with Crippen LogP contribution >= 0.6 is 27.3 Å². The lowest BCUT2D eigenvalue weighted by molar-refractivity contribution is -0.137. The van der Waals surface area contributed by atoms with Gasteiger partial charge < -0.3 is 5.32 Å². The second kappa shape index (κ2) is 6.97. The van der Waals surface area contributed by atoms with Crippen LogP contribution in [0, 0.1) is 0 Å². The van der Waals surface area contributed by atoms with Gasteiger partial charge in [-0.25, -0.2) is 4.98 Å². The molecule has 0 saturated carbocycles. The second-order valence-electron chi connectivity index (χ2n) is 5.07. The Balaban J connectivity index is 1.79. The molecule has 0 atom stereocenters. The zero-order valence-electron chi connectivity index (χ0n) is 12.5. The molecule has 0 bridgehead atoms. The maximum Gasteiger partial charge on any atom is 0.416 e. The first-order chi connectivity index (χ1) is 11.8. The summed E-state index contributed by atoms with van der Waals surface area (Å²) < 4.78 is 39.0. The minimum absolute atomic E-state index is 0.198. The van der Waals surface area contributed by atoms with E-state index in [9.17, 15) is 18.0 Å². The number of anilines is 2. The molecule has 128 valence electrons. The van der Waals surface area contributed by atoms with Crippen molar-refractivity contribution in [3.8, 4) is 0 Å². The molecule has 0 radical (unpaired) electrons. The van der Waals surface area contributed by atoms with Crippen LogP contribution in [0.25, 0.3) is 0 Å². The zero-order valence-corrected chi connectivity index (χ0v) is 14.9. The summed E-state index contributed by atoms with van der Waals surface area (Å²) in [4.78, 5) is 16.9. The monoisotopic (exact) mass is 426 g/mol. The molecule has 0 aliphatic heterocycles. The number of benzene rings is 2. The van der Waals surface area contributed by atoms with E-state index in [1.165, 1.54) is 18.3 Å². The van der Waals surface area contributed by atoms with Gasteiger partial charge in [-0.2, -0.15) is 13.2 Å². The lowest BCUT2D eigenvalue weighted by Crippen LogP contribution is -2.05. The number of thiazole rings is 1. The number of carbonyl (C=O) groups excluding carboxylic acids is 1. The number of nitrogens with zero attached hydrogens (tertiary/aromatic N) is 1. The minimum atomic E-state index is -4.41. The highest BCUT2D eigenvalue weighted by Gasteiger charge is 2.30. The molecule has 0 aliphatic rings. The fourth-order valence-electron chi connectivity index (χ4n) is 2.11. The molecule has 0 aliphatic carbocycles. The average Bonchev–Trinajstić information content (AvgIpc) is 3.02. The summed E-state index contributed by atoms with van der Waals surface area (Å²) in [6.45, 7) is 0. The van der Waals surface area contributed by atoms with Gasteiger partial charge in [0.25, 0.3) is 0 Å². The molecule has 0 spiro atoms. The van der Waals surface area contributed by atoms with Gasteiger partial charge in [-0.1, -0.05) is 45.5 Å². The average molecular weight is 427 g/mol. The van der Waals surface area contributed by atoms with E-state index in [1.807, 2.05) is 6.07 Å². The quantitative estimate of drug-likeness (QED) is 0.528. The van der Waals surface area contributed by atoms with Crippen molar-refractivity contribution in [2.75, 3.05) is 5.32 Å². The van der Waals surface area contributed by atoms with Crippen molar-refractivity contribution in [3.63, 3.8) is 0 Å². The summed E-state index contributed by atoms with van der Waals surface area (Å²) >= 11 is 4.39. The number of hydrogen-bond acceptors (Lipinski definition) is 4. The lowest BCUT2D eigenvalue weighted by Gasteiger charge is -2.08. The van der Waals surface area contributed by atoms with Crippen molar-refractivity contribution in [1.82, 2.24) is 4.98 Å². The van der Waals surface area contributed by atoms with Gasteiger partial charge in [-0.05, 0) is 30.3 Å². The van der Waals surface area contributed by atoms with Crippen LogP contribution in [0.3, 0.4) is 0 Å². The van der Waals surface area contributed by atoms with Crippen molar-refractivity contribution < 1.29 is 18.0 Å². The van der Waals surface area contributed by atoms with E-state index in [2.05, 4.69) is 26.2 Å². The van der Waals surface area contributed by atoms with Gasteiger partial charge in [0, 0.05) is 15.7 Å². The van der Waals surface area contributed by atoms with Gasteiger partial charge in [0.15, 0.2) is 5.13 Å². The minimum Gasteiger partial charge on any atom is -0.332 e. The number of rotatable bonds is 4. The SMILES string of the molecule is O=C(c1cccc(Br)c1)c1cnc(Nc2cccc(C(F)(F)F)c2)s1. The van der Waals surface area contributed by atoms with E-state index in [0.717, 1.165) is 27.9 Å². The smallest absolute Gasteiger partial charge is 0.332 e. The van der Waals surface area contributed by atoms with E-state index in [-0.39, 0.29) is 11.5 Å². The van der Waals surface area contributed by atoms with Crippen molar-refractivity contribution in [1.29, 1.82) is 0 Å². The van der Waals surface area contributed by atoms with Gasteiger partial charge in [0.1, 0.15) is 0 Å². The summed E-state index contributed by atoms with van der Waals surface area (Å²) in [5.41, 5.74) is 0.00812. The van der Waals surface area contributed by atoms with E-state index >= 15 is 0 Å². The van der Waals surface area contributed by atoms with E-state index < -0.39 is 11.7 Å². The third-order valence-corrected chi connectivity index (χ3v) is 4.66. The largest absolute Gasteiger partial charge is 0.416 e. The first kappa shape index (κ1) is 17.6. The van der Waals surface area contributed by atoms with Crippen LogP contribution in [-0.2, 0) is 6.18 Å². The maximum absolute atomic E-state index is 12.7. The predicted octanol–water partition coefficient (Wildman–Crippen LogP) is 5.90. The molecule has 3 nitrogen and oxygen atoms in total. The fourth-order valence-corrected chi connectivity index (χ4v) is 3.30. The second-order valence-corrected chi connectivity index (χ2v) is 7.02. The first-order valence-electron chi connectivity index (χ1n) is 7.03. The Morgan fingerprint density at radius 2 is 1.88 bits per heavy atom. The number of halogens is 4. The fraction of sp³-hybridized carbons (Fsp3) is 0.0588. The summed E-state index contributed by atoms with van der Waals surface area (Å²) in [6.07, 6.45) is -3.01. The predicted molar refractivity (Wildman–Crippen MR) is 94.4 cm³/mol. The highest BCUT2D eigenvalue weighted by molar-refractivity contribution is 9.10. The number of hydrogen-bond donors (Lipinski definition) is 1. The van der Waals surface area contributed by atoms with E-state index in [0.29, 0.717) is 15.6 Å². The van der Waals surface area contributed by atoms with Crippen LogP contribution in [0.5, 0.6) is 0 Å². The Labute approximate surface area is 153 Å². The zero-order chi connectivity index (χ0) is 18.0. The normalized spacial score (nSPS) is 11.4. The summed E-state index contributed by atoms with van der Waals surface area (Å²) in [5.74, 6) is -0.198. The van der Waals surface area contributed by atoms with E-state index in [1.54, 1.807) is 18.2 Å². The van der Waals surface area contributed by atoms with Crippen LogP contribution in [0.1, 0.15) is 20.8 Å². The summed E-state index contributed by atoms with van der Waals surface area (Å²) in [7, 11) is 0. The van der Waals surface area contributed by atoms with Gasteiger partial charge in [-0.15, -0.1) is 0 Å². The van der Waals surface area contributed by atoms with Gasteiger partial charge >= 0.3 is 6.18 Å². The Bertz CT molecular complexity index is 924. The molecule has 25 heavy (non-hydrogen) atoms. The Morgan fingerprint density at radius 3 is 2.60 bits per heavy atom. The Hall–Kier alpha value is -2.19. The molecule has 3 rings (SSSR count). The standard InChI is InChI=1S/C17H10BrF3N2OS/c18-12-5-1-3-10(7-12)15(24)14-9-22-16(25-14)23-13-6-2-4-11(8-13)17(19,20)21/h1-9H,(H,22,23). The number of carbonyl (C=O) groups is 1. The highest BCUT2D eigenvalue weighted by atomic mass is 79.9. The Morgan fingerprint density at radius 1 is 1.12 bits per heavy atom. The summed E-state index contributed by atoms with van der Waals surface area (Å²) in [5, 5.41) is 3.15. The molecular weight excluding hydrogens is 417 g/mol. The molecule has 1 heterocycles. The van der Waals surface area contributed by atoms with Crippen LogP contribution in [-0.4, -0.2) is 10.8 Å². The number of ketones is 1. The molecule has 0 fully saturated rings. The molecule has 0 saturated heterocycles. The topological polar surface area (TPSA) is 42.0 Å². The molecule has 1 aromatic heterocycles. The van der Waals surface area contributed by atoms with Crippen LogP contribution < -0.4 is 5.32 Å². The van der Waals surface area contributed by atoms with Crippen molar-refractivity contribution in [2.45, 2.75) is 6.18 Å². The number of alkyl halides is 3. The number of nitrogens with one attached hydrogen (secondary N) is 1. The van der Waals surface area contributed by atoms with Crippen molar-refractivity contribution in [2.24, 2.45) is 0 Å². The molecule has 2 aromatic carbocycles. The van der Waals surface area contributed by atoms with Crippen molar-refractivity contribution in [3.05, 3.63) is 75.2 Å². The van der Waals surface area contributed by atoms with Crippen LogP contribution in [0.15, 0.2) is 59.2 Å². The van der Waals surface area contributed by atoms with Crippen LogP contribution in [0.2, 0.25) is 0 Å². The Kier molecular flexibility index (Phi) is 4.91. The highest BCUT2D eigenvalue weighted by Crippen LogP contribution is 2.32. The third-order valence-electron chi connectivity index (χ3n) is 3.26. The van der Waals surface area contributed by atoms with E-state index in [4.69, 9.17) is 0 Å². The molecule has 0 amide bonds. The lowest BCUT2D eigenvalue weighted by atomic mass is 10.1. The summed E-state index contributed by atoms with van der Waals surface area (Å²) in [6, 6.07) is 11.8. The molecule has 1 N–H and O–H groups in total. The maximum atomic E-state index is 12.7.